The molecule has 0 saturated carbocycles. The fourth-order valence-corrected chi connectivity index (χ4v) is 5.22. The Labute approximate surface area is 214 Å². The van der Waals surface area contributed by atoms with E-state index in [0.29, 0.717) is 17.0 Å². The van der Waals surface area contributed by atoms with Crippen LogP contribution in [0.1, 0.15) is 58.1 Å². The zero-order valence-electron chi connectivity index (χ0n) is 21.8. The van der Waals surface area contributed by atoms with Crippen LogP contribution in [0, 0.1) is 0 Å². The molecule has 37 heavy (non-hydrogen) atoms. The summed E-state index contributed by atoms with van der Waals surface area (Å²) in [7, 11) is -2.40. The van der Waals surface area contributed by atoms with Crippen molar-refractivity contribution in [2.45, 2.75) is 62.8 Å². The third kappa shape index (κ3) is 4.75. The smallest absolute Gasteiger partial charge is 0.410 e. The van der Waals surface area contributed by atoms with Crippen molar-refractivity contribution in [2.24, 2.45) is 0 Å². The van der Waals surface area contributed by atoms with Gasteiger partial charge in [-0.3, -0.25) is 9.08 Å². The van der Waals surface area contributed by atoms with E-state index in [1.807, 2.05) is 0 Å². The Hall–Kier alpha value is -3.61. The van der Waals surface area contributed by atoms with Gasteiger partial charge in [-0.2, -0.15) is 5.10 Å². The van der Waals surface area contributed by atoms with Crippen LogP contribution in [0.5, 0.6) is 5.75 Å². The van der Waals surface area contributed by atoms with Crippen molar-refractivity contribution in [3.8, 4) is 17.1 Å². The molecule has 4 heterocycles. The Kier molecular flexibility index (Phi) is 6.26. The molecule has 13 heteroatoms. The third-order valence-electron chi connectivity index (χ3n) is 5.97. The van der Waals surface area contributed by atoms with Gasteiger partial charge in [0.05, 0.1) is 29.8 Å². The number of carboxylic acid groups (broad SMARTS) is 1. The van der Waals surface area contributed by atoms with Crippen LogP contribution in [-0.2, 0) is 14.6 Å². The van der Waals surface area contributed by atoms with Crippen LogP contribution in [0.25, 0.3) is 17.0 Å². The number of carbonyl (C=O) groups excluding carboxylic acids is 1. The van der Waals surface area contributed by atoms with Gasteiger partial charge in [0.1, 0.15) is 33.3 Å². The summed E-state index contributed by atoms with van der Waals surface area (Å²) in [5.74, 6) is -1.02. The highest BCUT2D eigenvalue weighted by atomic mass is 32.2. The van der Waals surface area contributed by atoms with Crippen molar-refractivity contribution in [3.05, 3.63) is 30.2 Å². The Bertz CT molecular complexity index is 1490. The predicted octanol–water partition coefficient (Wildman–Crippen LogP) is 3.27. The highest BCUT2D eigenvalue weighted by Gasteiger charge is 2.38. The molecule has 1 fully saturated rings. The number of amides is 1. The normalized spacial score (nSPS) is 15.1. The maximum atomic E-state index is 13.2. The van der Waals surface area contributed by atoms with Gasteiger partial charge in [0.15, 0.2) is 9.84 Å². The van der Waals surface area contributed by atoms with Crippen molar-refractivity contribution in [1.29, 1.82) is 0 Å². The van der Waals surface area contributed by atoms with E-state index >= 15 is 0 Å². The second-order valence-electron chi connectivity index (χ2n) is 10.9. The molecular weight excluding hydrogens is 502 g/mol. The molecule has 12 nitrogen and oxygen atoms in total. The molecule has 0 unspecified atom stereocenters. The fraction of sp³-hybridized carbons (Fsp3) is 0.500. The Morgan fingerprint density at radius 1 is 1.11 bits per heavy atom. The molecule has 3 aromatic rings. The number of sulfone groups is 1. The number of carbonyl (C=O) groups is 2. The number of aromatic carboxylic acids is 1. The van der Waals surface area contributed by atoms with Crippen molar-refractivity contribution < 1.29 is 32.6 Å². The zero-order chi connectivity index (χ0) is 27.5. The number of hydrogen-bond donors (Lipinski definition) is 1. The number of pyridine rings is 1. The highest BCUT2D eigenvalue weighted by molar-refractivity contribution is 7.92. The van der Waals surface area contributed by atoms with Gasteiger partial charge in [-0.1, -0.05) is 0 Å². The Balaban J connectivity index is 1.73. The summed E-state index contributed by atoms with van der Waals surface area (Å²) >= 11 is 0. The molecule has 1 aliphatic heterocycles. The zero-order valence-corrected chi connectivity index (χ0v) is 22.7. The van der Waals surface area contributed by atoms with Crippen LogP contribution in [0.4, 0.5) is 4.79 Å². The molecule has 0 bridgehead atoms. The Morgan fingerprint density at radius 3 is 2.30 bits per heavy atom. The molecule has 0 atom stereocenters. The summed E-state index contributed by atoms with van der Waals surface area (Å²) in [4.78, 5) is 30.1. The van der Waals surface area contributed by atoms with Gasteiger partial charge in [0.2, 0.25) is 0 Å². The number of ether oxygens (including phenoxy) is 2. The summed E-state index contributed by atoms with van der Waals surface area (Å²) < 4.78 is 39.0. The first-order valence-electron chi connectivity index (χ1n) is 11.6. The SMILES string of the molecule is COc1cc2ncc(-c3cc(C(=O)O)n(C4CN(C(=O)OC(C)(C)C)C4)n3)n2cc1S(=O)(=O)C(C)(C)C. The van der Waals surface area contributed by atoms with E-state index in [1.165, 1.54) is 41.2 Å². The molecule has 0 aliphatic carbocycles. The maximum Gasteiger partial charge on any atom is 0.410 e. The van der Waals surface area contributed by atoms with E-state index < -0.39 is 32.2 Å². The fourth-order valence-electron chi connectivity index (χ4n) is 3.91. The number of aromatic nitrogens is 4. The average Bonchev–Trinajstić information content (AvgIpc) is 3.33. The summed E-state index contributed by atoms with van der Waals surface area (Å²) in [5.41, 5.74) is 0.413. The standard InChI is InChI=1S/C24H31N5O7S/c1-23(2,3)36-22(32)27-11-14(12-27)29-16(21(30)31)8-15(26-29)17-10-25-20-9-18(35-7)19(13-28(17)20)37(33,34)24(4,5)6/h8-10,13-14H,11-12H2,1-7H3,(H,30,31). The average molecular weight is 534 g/mol. The van der Waals surface area contributed by atoms with E-state index in [1.54, 1.807) is 45.9 Å². The number of nitrogens with zero attached hydrogens (tertiary/aromatic N) is 5. The number of rotatable bonds is 5. The van der Waals surface area contributed by atoms with Gasteiger partial charge >= 0.3 is 12.1 Å². The first-order chi connectivity index (χ1) is 17.0. The lowest BCUT2D eigenvalue weighted by molar-refractivity contribution is -0.000768. The van der Waals surface area contributed by atoms with E-state index in [9.17, 15) is 23.1 Å². The van der Waals surface area contributed by atoms with Gasteiger partial charge < -0.3 is 19.5 Å². The van der Waals surface area contributed by atoms with Crippen molar-refractivity contribution >= 4 is 27.5 Å². The first kappa shape index (κ1) is 26.5. The maximum absolute atomic E-state index is 13.2. The largest absolute Gasteiger partial charge is 0.495 e. The van der Waals surface area contributed by atoms with Crippen LogP contribution in [0.15, 0.2) is 29.4 Å². The third-order valence-corrected chi connectivity index (χ3v) is 8.47. The lowest BCUT2D eigenvalue weighted by Crippen LogP contribution is -2.52. The number of fused-ring (bicyclic) bond motifs is 1. The lowest BCUT2D eigenvalue weighted by Gasteiger charge is -2.39. The number of methoxy groups -OCH3 is 1. The number of carboxylic acids is 1. The van der Waals surface area contributed by atoms with E-state index in [4.69, 9.17) is 9.47 Å². The second-order valence-corrected chi connectivity index (χ2v) is 13.6. The van der Waals surface area contributed by atoms with E-state index in [-0.39, 0.29) is 35.5 Å². The lowest BCUT2D eigenvalue weighted by atomic mass is 10.1. The number of imidazole rings is 1. The summed E-state index contributed by atoms with van der Waals surface area (Å²) in [5, 5.41) is 14.3. The predicted molar refractivity (Wildman–Crippen MR) is 134 cm³/mol. The quantitative estimate of drug-likeness (QED) is 0.522. The molecule has 1 amide bonds. The van der Waals surface area contributed by atoms with Crippen molar-refractivity contribution in [2.75, 3.05) is 20.2 Å². The van der Waals surface area contributed by atoms with Crippen LogP contribution in [-0.4, -0.2) is 80.2 Å². The van der Waals surface area contributed by atoms with Crippen molar-refractivity contribution in [3.63, 3.8) is 0 Å². The molecule has 4 rings (SSSR count). The van der Waals surface area contributed by atoms with E-state index in [2.05, 4.69) is 10.1 Å². The molecule has 1 aliphatic rings. The summed E-state index contributed by atoms with van der Waals surface area (Å²) in [6.45, 7) is 10.6. The van der Waals surface area contributed by atoms with Crippen LogP contribution in [0.3, 0.4) is 0 Å². The topological polar surface area (TPSA) is 145 Å². The van der Waals surface area contributed by atoms with Gasteiger partial charge in [-0.05, 0) is 41.5 Å². The van der Waals surface area contributed by atoms with Gasteiger partial charge in [0.25, 0.3) is 0 Å². The summed E-state index contributed by atoms with van der Waals surface area (Å²) in [6.07, 6.45) is 2.44. The molecule has 1 N–H and O–H groups in total. The molecule has 3 aromatic heterocycles. The van der Waals surface area contributed by atoms with Gasteiger partial charge in [-0.15, -0.1) is 0 Å². The monoisotopic (exact) mass is 533 g/mol. The number of likely N-dealkylation sites (tertiary alicyclic amines) is 1. The molecular formula is C24H31N5O7S. The molecule has 1 saturated heterocycles. The molecule has 0 aromatic carbocycles. The van der Waals surface area contributed by atoms with Crippen LogP contribution >= 0.6 is 0 Å². The van der Waals surface area contributed by atoms with Gasteiger partial charge in [0, 0.05) is 31.4 Å². The number of hydrogen-bond acceptors (Lipinski definition) is 8. The minimum Gasteiger partial charge on any atom is -0.495 e. The van der Waals surface area contributed by atoms with Crippen LogP contribution < -0.4 is 4.74 Å². The molecule has 0 spiro atoms. The summed E-state index contributed by atoms with van der Waals surface area (Å²) in [6, 6.07) is 2.56. The minimum absolute atomic E-state index is 0.0147. The van der Waals surface area contributed by atoms with Gasteiger partial charge in [-0.25, -0.2) is 23.0 Å². The van der Waals surface area contributed by atoms with Crippen molar-refractivity contribution in [1.82, 2.24) is 24.1 Å². The molecule has 0 radical (unpaired) electrons. The Morgan fingerprint density at radius 2 is 1.76 bits per heavy atom. The van der Waals surface area contributed by atoms with Crippen LogP contribution in [0.2, 0.25) is 0 Å². The first-order valence-corrected chi connectivity index (χ1v) is 13.1. The highest BCUT2D eigenvalue weighted by Crippen LogP contribution is 2.35. The second kappa shape index (κ2) is 8.75. The minimum atomic E-state index is -3.78. The molecule has 200 valence electrons. The van der Waals surface area contributed by atoms with E-state index in [0.717, 1.165) is 0 Å².